The van der Waals surface area contributed by atoms with Gasteiger partial charge in [-0.2, -0.15) is 0 Å². The molecule has 2 aromatic rings. The van der Waals surface area contributed by atoms with Gasteiger partial charge in [-0.15, -0.1) is 0 Å². The number of ketones is 2. The van der Waals surface area contributed by atoms with Crippen LogP contribution < -0.4 is 0 Å². The van der Waals surface area contributed by atoms with Gasteiger partial charge in [-0.25, -0.2) is 0 Å². The molecule has 0 heterocycles. The summed E-state index contributed by atoms with van der Waals surface area (Å²) in [6, 6.07) is 18.7. The van der Waals surface area contributed by atoms with Gasteiger partial charge in [0, 0.05) is 23.0 Å². The molecule has 2 aromatic carbocycles. The van der Waals surface area contributed by atoms with Crippen LogP contribution in [0.2, 0.25) is 0 Å². The molecule has 1 fully saturated rings. The summed E-state index contributed by atoms with van der Waals surface area (Å²) < 4.78 is 0. The minimum Gasteiger partial charge on any atom is -0.294 e. The molecule has 0 aliphatic heterocycles. The molecule has 1 saturated carbocycles. The van der Waals surface area contributed by atoms with Gasteiger partial charge in [0.05, 0.1) is 0 Å². The Morgan fingerprint density at radius 2 is 1.04 bits per heavy atom. The van der Waals surface area contributed by atoms with Crippen LogP contribution in [0.25, 0.3) is 0 Å². The van der Waals surface area contributed by atoms with Gasteiger partial charge in [0.2, 0.25) is 0 Å². The fraction of sp³-hybridized carbons (Fsp3) is 0.238. The van der Waals surface area contributed by atoms with E-state index in [9.17, 15) is 9.59 Å². The lowest BCUT2D eigenvalue weighted by molar-refractivity contribution is 0.0752. The molecule has 0 aromatic heterocycles. The van der Waals surface area contributed by atoms with Crippen LogP contribution in [0.5, 0.6) is 0 Å². The number of hydrogen-bond acceptors (Lipinski definition) is 2. The van der Waals surface area contributed by atoms with Crippen molar-refractivity contribution in [2.45, 2.75) is 6.42 Å². The molecule has 0 radical (unpaired) electrons. The Morgan fingerprint density at radius 1 is 0.652 bits per heavy atom. The van der Waals surface area contributed by atoms with Crippen LogP contribution in [-0.2, 0) is 0 Å². The average Bonchev–Trinajstić information content (AvgIpc) is 3.23. The van der Waals surface area contributed by atoms with E-state index in [4.69, 9.17) is 0 Å². The van der Waals surface area contributed by atoms with E-state index in [1.165, 1.54) is 0 Å². The minimum absolute atomic E-state index is 0.108. The van der Waals surface area contributed by atoms with Crippen molar-refractivity contribution in [3.8, 4) is 0 Å². The Morgan fingerprint density at radius 3 is 1.43 bits per heavy atom. The Bertz CT molecular complexity index is 695. The average molecular weight is 302 g/mol. The maximum atomic E-state index is 13.0. The lowest BCUT2D eigenvalue weighted by Gasteiger charge is -2.26. The van der Waals surface area contributed by atoms with Crippen LogP contribution in [0.15, 0.2) is 72.8 Å². The third-order valence-corrected chi connectivity index (χ3v) is 5.18. The molecule has 0 saturated heterocycles. The molecule has 2 nitrogen and oxygen atoms in total. The van der Waals surface area contributed by atoms with Crippen molar-refractivity contribution in [3.63, 3.8) is 0 Å². The fourth-order valence-electron chi connectivity index (χ4n) is 4.13. The van der Waals surface area contributed by atoms with Gasteiger partial charge in [0.25, 0.3) is 0 Å². The second-order valence-corrected chi connectivity index (χ2v) is 6.46. The van der Waals surface area contributed by atoms with E-state index in [-0.39, 0.29) is 35.2 Å². The highest BCUT2D eigenvalue weighted by molar-refractivity contribution is 6.06. The third kappa shape index (κ3) is 2.35. The van der Waals surface area contributed by atoms with E-state index >= 15 is 0 Å². The first-order valence-corrected chi connectivity index (χ1v) is 8.12. The number of allylic oxidation sites excluding steroid dienone is 2. The Labute approximate surface area is 135 Å². The van der Waals surface area contributed by atoms with Gasteiger partial charge in [0.15, 0.2) is 11.6 Å². The van der Waals surface area contributed by atoms with Crippen molar-refractivity contribution in [1.82, 2.24) is 0 Å². The summed E-state index contributed by atoms with van der Waals surface area (Å²) in [6.45, 7) is 0. The summed E-state index contributed by atoms with van der Waals surface area (Å²) >= 11 is 0. The van der Waals surface area contributed by atoms with E-state index in [0.29, 0.717) is 11.1 Å². The van der Waals surface area contributed by atoms with Crippen molar-refractivity contribution in [3.05, 3.63) is 83.9 Å². The minimum atomic E-state index is -0.222. The molecule has 0 amide bonds. The van der Waals surface area contributed by atoms with E-state index in [2.05, 4.69) is 12.2 Å². The molecule has 2 bridgehead atoms. The van der Waals surface area contributed by atoms with Crippen molar-refractivity contribution in [1.29, 1.82) is 0 Å². The molecule has 0 N–H and O–H groups in total. The normalized spacial score (nSPS) is 28.0. The number of fused-ring (bicyclic) bond motifs is 2. The summed E-state index contributed by atoms with van der Waals surface area (Å²) in [5, 5.41) is 0. The van der Waals surface area contributed by atoms with Gasteiger partial charge < -0.3 is 0 Å². The van der Waals surface area contributed by atoms with Crippen molar-refractivity contribution >= 4 is 11.6 Å². The van der Waals surface area contributed by atoms with Crippen LogP contribution >= 0.6 is 0 Å². The predicted octanol–water partition coefficient (Wildman–Crippen LogP) is 4.19. The maximum Gasteiger partial charge on any atom is 0.167 e. The quantitative estimate of drug-likeness (QED) is 0.627. The van der Waals surface area contributed by atoms with E-state index < -0.39 is 0 Å². The number of rotatable bonds is 4. The number of hydrogen-bond donors (Lipinski definition) is 0. The van der Waals surface area contributed by atoms with E-state index in [1.54, 1.807) is 0 Å². The number of carbonyl (C=O) groups excluding carboxylic acids is 2. The second-order valence-electron chi connectivity index (χ2n) is 6.46. The summed E-state index contributed by atoms with van der Waals surface area (Å²) in [5.41, 5.74) is 1.42. The zero-order valence-corrected chi connectivity index (χ0v) is 12.8. The van der Waals surface area contributed by atoms with Crippen LogP contribution in [0.3, 0.4) is 0 Å². The van der Waals surface area contributed by atoms with Gasteiger partial charge in [-0.1, -0.05) is 72.8 Å². The third-order valence-electron chi connectivity index (χ3n) is 5.18. The lowest BCUT2D eigenvalue weighted by Crippen LogP contribution is -2.33. The predicted molar refractivity (Wildman–Crippen MR) is 89.3 cm³/mol. The van der Waals surface area contributed by atoms with Crippen LogP contribution in [0.4, 0.5) is 0 Å². The second kappa shape index (κ2) is 5.62. The Kier molecular flexibility index (Phi) is 3.45. The van der Waals surface area contributed by atoms with Crippen molar-refractivity contribution in [2.75, 3.05) is 0 Å². The SMILES string of the molecule is O=C(c1ccccc1)C1C(C(=O)c2ccccc2)[C@H]2C=C[C@@H]1C2. The monoisotopic (exact) mass is 302 g/mol. The largest absolute Gasteiger partial charge is 0.294 e. The zero-order valence-electron chi connectivity index (χ0n) is 12.8. The smallest absolute Gasteiger partial charge is 0.167 e. The highest BCUT2D eigenvalue weighted by atomic mass is 16.1. The molecule has 23 heavy (non-hydrogen) atoms. The molecule has 4 atom stereocenters. The molecule has 0 spiro atoms. The summed E-state index contributed by atoms with van der Waals surface area (Å²) in [6.07, 6.45) is 5.18. The molecule has 2 unspecified atom stereocenters. The van der Waals surface area contributed by atoms with Crippen LogP contribution in [0, 0.1) is 23.7 Å². The first-order valence-electron chi connectivity index (χ1n) is 8.12. The molecule has 4 rings (SSSR count). The summed E-state index contributed by atoms with van der Waals surface area (Å²) in [5.74, 6) is 0.171. The van der Waals surface area contributed by atoms with Gasteiger partial charge >= 0.3 is 0 Å². The number of Topliss-reactive ketones (excluding diaryl/α,β-unsaturated/α-hetero) is 2. The van der Waals surface area contributed by atoms with Gasteiger partial charge in [-0.3, -0.25) is 9.59 Å². The van der Waals surface area contributed by atoms with Gasteiger partial charge in [-0.05, 0) is 18.3 Å². The molecule has 2 aliphatic rings. The number of benzene rings is 2. The fourth-order valence-corrected chi connectivity index (χ4v) is 4.13. The van der Waals surface area contributed by atoms with E-state index in [1.807, 2.05) is 60.7 Å². The first-order chi connectivity index (χ1) is 11.3. The van der Waals surface area contributed by atoms with Crippen molar-refractivity contribution < 1.29 is 9.59 Å². The standard InChI is InChI=1S/C21H18O2/c22-20(14-7-3-1-4-8-14)18-16-11-12-17(13-16)19(18)21(23)15-9-5-2-6-10-15/h1-12,16-19H,13H2/t16-,17+,18?,19?. The lowest BCUT2D eigenvalue weighted by atomic mass is 9.75. The van der Waals surface area contributed by atoms with Crippen LogP contribution in [-0.4, -0.2) is 11.6 Å². The van der Waals surface area contributed by atoms with E-state index in [0.717, 1.165) is 6.42 Å². The Balaban J connectivity index is 1.69. The highest BCUT2D eigenvalue weighted by Gasteiger charge is 2.51. The molecular formula is C21H18O2. The molecular weight excluding hydrogens is 284 g/mol. The maximum absolute atomic E-state index is 13.0. The summed E-state index contributed by atoms with van der Waals surface area (Å²) in [7, 11) is 0. The summed E-state index contributed by atoms with van der Waals surface area (Å²) in [4.78, 5) is 26.0. The molecule has 2 heteroatoms. The highest BCUT2D eigenvalue weighted by Crippen LogP contribution is 2.50. The topological polar surface area (TPSA) is 34.1 Å². The molecule has 114 valence electrons. The van der Waals surface area contributed by atoms with Crippen molar-refractivity contribution in [2.24, 2.45) is 23.7 Å². The zero-order chi connectivity index (χ0) is 15.8. The van der Waals surface area contributed by atoms with Gasteiger partial charge in [0.1, 0.15) is 0 Å². The van der Waals surface area contributed by atoms with Crippen LogP contribution in [0.1, 0.15) is 27.1 Å². The number of carbonyl (C=O) groups is 2. The molecule has 2 aliphatic carbocycles. The Hall–Kier alpha value is -2.48. The first kappa shape index (κ1) is 14.1.